The van der Waals surface area contributed by atoms with Gasteiger partial charge in [-0.25, -0.2) is 13.2 Å². The van der Waals surface area contributed by atoms with Crippen LogP contribution in [-0.2, 0) is 29.2 Å². The van der Waals surface area contributed by atoms with Gasteiger partial charge in [-0.2, -0.15) is 4.72 Å². The number of piperidine rings is 1. The standard InChI is InChI=1S/C20H27N3O8S/c1-12-3-5-15(6-4-12)32(30,31)22-13(2)19(27)23-9-7-14(8-10-23)18(26)21-16(20(28)29)11-17(24)25/h3-6,13-14,16,22H,7-11H2,1-2H3,(H,21,26)(H,24,25)(H,28,29). The lowest BCUT2D eigenvalue weighted by molar-refractivity contribution is -0.148. The molecule has 0 aliphatic carbocycles. The summed E-state index contributed by atoms with van der Waals surface area (Å²) in [6.45, 7) is 3.64. The molecule has 2 rings (SSSR count). The number of benzene rings is 1. The first kappa shape index (κ1) is 25.3. The van der Waals surface area contributed by atoms with Crippen molar-refractivity contribution in [1.29, 1.82) is 0 Å². The van der Waals surface area contributed by atoms with Crippen molar-refractivity contribution in [2.45, 2.75) is 50.1 Å². The van der Waals surface area contributed by atoms with Crippen molar-refractivity contribution in [3.05, 3.63) is 29.8 Å². The van der Waals surface area contributed by atoms with Gasteiger partial charge in [0, 0.05) is 19.0 Å². The number of nitrogens with zero attached hydrogens (tertiary/aromatic N) is 1. The van der Waals surface area contributed by atoms with Crippen LogP contribution >= 0.6 is 0 Å². The van der Waals surface area contributed by atoms with E-state index in [1.165, 1.54) is 24.0 Å². The first-order valence-corrected chi connectivity index (χ1v) is 11.5. The van der Waals surface area contributed by atoms with Crippen LogP contribution in [0.5, 0.6) is 0 Å². The van der Waals surface area contributed by atoms with E-state index in [1.807, 2.05) is 6.92 Å². The predicted octanol–water partition coefficient (Wildman–Crippen LogP) is -0.0555. The van der Waals surface area contributed by atoms with Crippen LogP contribution < -0.4 is 10.0 Å². The molecular formula is C20H27N3O8S. The monoisotopic (exact) mass is 469 g/mol. The molecule has 0 aromatic heterocycles. The summed E-state index contributed by atoms with van der Waals surface area (Å²) in [4.78, 5) is 48.3. The van der Waals surface area contributed by atoms with Gasteiger partial charge in [-0.3, -0.25) is 14.4 Å². The van der Waals surface area contributed by atoms with Crippen LogP contribution in [0, 0.1) is 12.8 Å². The number of nitrogens with one attached hydrogen (secondary N) is 2. The lowest BCUT2D eigenvalue weighted by atomic mass is 9.95. The molecule has 1 aliphatic heterocycles. The maximum atomic E-state index is 12.7. The van der Waals surface area contributed by atoms with Crippen LogP contribution in [0.25, 0.3) is 0 Å². The van der Waals surface area contributed by atoms with Crippen molar-refractivity contribution in [2.24, 2.45) is 5.92 Å². The van der Waals surface area contributed by atoms with Gasteiger partial charge in [0.25, 0.3) is 0 Å². The van der Waals surface area contributed by atoms with E-state index in [-0.39, 0.29) is 30.8 Å². The summed E-state index contributed by atoms with van der Waals surface area (Å²) in [5, 5.41) is 20.0. The summed E-state index contributed by atoms with van der Waals surface area (Å²) in [5.41, 5.74) is 0.901. The minimum atomic E-state index is -3.88. The van der Waals surface area contributed by atoms with Gasteiger partial charge in [-0.15, -0.1) is 0 Å². The van der Waals surface area contributed by atoms with Gasteiger partial charge in [0.05, 0.1) is 17.4 Å². The van der Waals surface area contributed by atoms with Gasteiger partial charge in [0.2, 0.25) is 21.8 Å². The third kappa shape index (κ3) is 6.76. The van der Waals surface area contributed by atoms with E-state index in [0.717, 1.165) is 5.56 Å². The number of likely N-dealkylation sites (tertiary alicyclic amines) is 1. The average Bonchev–Trinajstić information content (AvgIpc) is 2.72. The molecule has 0 saturated carbocycles. The van der Waals surface area contributed by atoms with E-state index >= 15 is 0 Å². The van der Waals surface area contributed by atoms with Gasteiger partial charge < -0.3 is 20.4 Å². The Kier molecular flexibility index (Phi) is 8.33. The quantitative estimate of drug-likeness (QED) is 0.390. The smallest absolute Gasteiger partial charge is 0.326 e. The number of carboxylic acid groups (broad SMARTS) is 2. The van der Waals surface area contributed by atoms with Crippen LogP contribution in [0.4, 0.5) is 0 Å². The molecule has 0 spiro atoms. The first-order valence-electron chi connectivity index (χ1n) is 10.0. The van der Waals surface area contributed by atoms with E-state index in [9.17, 15) is 27.6 Å². The number of amides is 2. The Bertz CT molecular complexity index is 969. The lowest BCUT2D eigenvalue weighted by Gasteiger charge is -2.33. The Morgan fingerprint density at radius 2 is 1.66 bits per heavy atom. The van der Waals surface area contributed by atoms with Crippen LogP contribution in [-0.4, -0.2) is 72.5 Å². The minimum absolute atomic E-state index is 0.0486. The molecular weight excluding hydrogens is 442 g/mol. The molecule has 12 heteroatoms. The van der Waals surface area contributed by atoms with Gasteiger partial charge in [0.15, 0.2) is 0 Å². The number of carboxylic acids is 2. The molecule has 176 valence electrons. The Morgan fingerprint density at radius 1 is 1.09 bits per heavy atom. The predicted molar refractivity (Wildman–Crippen MR) is 112 cm³/mol. The van der Waals surface area contributed by atoms with E-state index in [0.29, 0.717) is 0 Å². The molecule has 1 aliphatic rings. The highest BCUT2D eigenvalue weighted by atomic mass is 32.2. The van der Waals surface area contributed by atoms with E-state index < -0.39 is 58.2 Å². The number of carbonyl (C=O) groups is 4. The molecule has 32 heavy (non-hydrogen) atoms. The number of aryl methyl sites for hydroxylation is 1. The zero-order valence-electron chi connectivity index (χ0n) is 17.8. The number of aliphatic carboxylic acids is 2. The SMILES string of the molecule is Cc1ccc(S(=O)(=O)NC(C)C(=O)N2CCC(C(=O)NC(CC(=O)O)C(=O)O)CC2)cc1. The normalized spacial score (nSPS) is 16.8. The van der Waals surface area contributed by atoms with Gasteiger partial charge in [0.1, 0.15) is 6.04 Å². The third-order valence-corrected chi connectivity index (χ3v) is 6.76. The molecule has 1 aromatic rings. The summed E-state index contributed by atoms with van der Waals surface area (Å²) in [5.74, 6) is -4.38. The summed E-state index contributed by atoms with van der Waals surface area (Å²) < 4.78 is 27.3. The molecule has 2 atom stereocenters. The fourth-order valence-corrected chi connectivity index (χ4v) is 4.57. The van der Waals surface area contributed by atoms with Crippen molar-refractivity contribution in [2.75, 3.05) is 13.1 Å². The van der Waals surface area contributed by atoms with Crippen LogP contribution in [0.3, 0.4) is 0 Å². The zero-order chi connectivity index (χ0) is 24.1. The molecule has 2 unspecified atom stereocenters. The number of hydrogen-bond donors (Lipinski definition) is 4. The highest BCUT2D eigenvalue weighted by Gasteiger charge is 2.33. The largest absolute Gasteiger partial charge is 0.481 e. The number of rotatable bonds is 9. The maximum Gasteiger partial charge on any atom is 0.326 e. The fraction of sp³-hybridized carbons (Fsp3) is 0.500. The maximum absolute atomic E-state index is 12.7. The van der Waals surface area contributed by atoms with E-state index in [2.05, 4.69) is 10.0 Å². The summed E-state index contributed by atoms with van der Waals surface area (Å²) in [7, 11) is -3.88. The molecule has 1 aromatic carbocycles. The summed E-state index contributed by atoms with van der Waals surface area (Å²) in [6, 6.07) is 3.67. The van der Waals surface area contributed by atoms with Crippen LogP contribution in [0.2, 0.25) is 0 Å². The second kappa shape index (κ2) is 10.6. The molecule has 2 amide bonds. The van der Waals surface area contributed by atoms with Crippen molar-refractivity contribution >= 4 is 33.8 Å². The summed E-state index contributed by atoms with van der Waals surface area (Å²) >= 11 is 0. The molecule has 11 nitrogen and oxygen atoms in total. The number of hydrogen-bond acceptors (Lipinski definition) is 6. The lowest BCUT2D eigenvalue weighted by Crippen LogP contribution is -2.51. The average molecular weight is 470 g/mol. The Morgan fingerprint density at radius 3 is 2.16 bits per heavy atom. The molecule has 1 heterocycles. The zero-order valence-corrected chi connectivity index (χ0v) is 18.6. The molecule has 4 N–H and O–H groups in total. The number of sulfonamides is 1. The Labute approximate surface area is 185 Å². The first-order chi connectivity index (χ1) is 14.9. The molecule has 1 fully saturated rings. The van der Waals surface area contributed by atoms with E-state index in [4.69, 9.17) is 10.2 Å². The third-order valence-electron chi connectivity index (χ3n) is 5.20. The highest BCUT2D eigenvalue weighted by molar-refractivity contribution is 7.89. The van der Waals surface area contributed by atoms with Gasteiger partial charge in [-0.1, -0.05) is 17.7 Å². The minimum Gasteiger partial charge on any atom is -0.481 e. The van der Waals surface area contributed by atoms with Gasteiger partial charge in [-0.05, 0) is 38.8 Å². The highest BCUT2D eigenvalue weighted by Crippen LogP contribution is 2.19. The van der Waals surface area contributed by atoms with Gasteiger partial charge >= 0.3 is 11.9 Å². The molecule has 0 bridgehead atoms. The Balaban J connectivity index is 1.91. The van der Waals surface area contributed by atoms with E-state index in [1.54, 1.807) is 12.1 Å². The second-order valence-electron chi connectivity index (χ2n) is 7.75. The number of carbonyl (C=O) groups excluding carboxylic acids is 2. The topological polar surface area (TPSA) is 170 Å². The molecule has 1 saturated heterocycles. The van der Waals surface area contributed by atoms with Crippen LogP contribution in [0.1, 0.15) is 31.7 Å². The Hall–Kier alpha value is -2.99. The van der Waals surface area contributed by atoms with Crippen molar-refractivity contribution in [3.63, 3.8) is 0 Å². The summed E-state index contributed by atoms with van der Waals surface area (Å²) in [6.07, 6.45) is -0.250. The van der Waals surface area contributed by atoms with Crippen molar-refractivity contribution < 1.29 is 37.8 Å². The second-order valence-corrected chi connectivity index (χ2v) is 9.47. The van der Waals surface area contributed by atoms with Crippen molar-refractivity contribution in [1.82, 2.24) is 14.9 Å². The molecule has 0 radical (unpaired) electrons. The fourth-order valence-electron chi connectivity index (χ4n) is 3.37. The van der Waals surface area contributed by atoms with Crippen molar-refractivity contribution in [3.8, 4) is 0 Å². The van der Waals surface area contributed by atoms with Crippen LogP contribution in [0.15, 0.2) is 29.2 Å².